The molecule has 41 heavy (non-hydrogen) atoms. The summed E-state index contributed by atoms with van der Waals surface area (Å²) in [7, 11) is 1.59. The van der Waals surface area contributed by atoms with E-state index >= 15 is 0 Å². The van der Waals surface area contributed by atoms with Gasteiger partial charge in [-0.25, -0.2) is 8.78 Å². The summed E-state index contributed by atoms with van der Waals surface area (Å²) in [6, 6.07) is 26.3. The van der Waals surface area contributed by atoms with E-state index < -0.39 is 11.6 Å². The third-order valence-corrected chi connectivity index (χ3v) is 6.39. The second-order valence-corrected chi connectivity index (χ2v) is 9.22. The Morgan fingerprint density at radius 2 is 1.51 bits per heavy atom. The quantitative estimate of drug-likeness (QED) is 0.217. The highest BCUT2D eigenvalue weighted by Gasteiger charge is 2.18. The summed E-state index contributed by atoms with van der Waals surface area (Å²) in [6.07, 6.45) is 1.57. The lowest BCUT2D eigenvalue weighted by molar-refractivity contribution is 0.102. The smallest absolute Gasteiger partial charge is 0.255 e. The van der Waals surface area contributed by atoms with E-state index in [9.17, 15) is 18.4 Å². The van der Waals surface area contributed by atoms with Gasteiger partial charge in [-0.2, -0.15) is 0 Å². The van der Waals surface area contributed by atoms with Crippen molar-refractivity contribution in [2.75, 3.05) is 11.9 Å². The van der Waals surface area contributed by atoms with Gasteiger partial charge in [-0.15, -0.1) is 0 Å². The number of anilines is 1. The van der Waals surface area contributed by atoms with Gasteiger partial charge in [0.25, 0.3) is 11.5 Å². The predicted octanol–water partition coefficient (Wildman–Crippen LogP) is 7.44. The van der Waals surface area contributed by atoms with Gasteiger partial charge in [-0.1, -0.05) is 42.5 Å². The maximum Gasteiger partial charge on any atom is 0.255 e. The Morgan fingerprint density at radius 3 is 2.22 bits per heavy atom. The van der Waals surface area contributed by atoms with Gasteiger partial charge >= 0.3 is 0 Å². The number of nitrogens with zero attached hydrogens (tertiary/aromatic N) is 1. The molecule has 206 valence electrons. The van der Waals surface area contributed by atoms with Crippen LogP contribution in [0.4, 0.5) is 14.5 Å². The van der Waals surface area contributed by atoms with Crippen molar-refractivity contribution in [3.63, 3.8) is 0 Å². The van der Waals surface area contributed by atoms with Crippen LogP contribution in [0.15, 0.2) is 108 Å². The number of benzene rings is 4. The summed E-state index contributed by atoms with van der Waals surface area (Å²) in [6.45, 7) is 2.07. The molecule has 0 radical (unpaired) electrons. The van der Waals surface area contributed by atoms with Crippen molar-refractivity contribution in [1.29, 1.82) is 0 Å². The minimum atomic E-state index is -0.877. The molecule has 0 aliphatic heterocycles. The number of rotatable bonds is 8. The lowest BCUT2D eigenvalue weighted by Gasteiger charge is -2.17. The van der Waals surface area contributed by atoms with Crippen LogP contribution in [0.5, 0.6) is 17.2 Å². The summed E-state index contributed by atoms with van der Waals surface area (Å²) in [5.41, 5.74) is 3.53. The first kappa shape index (κ1) is 27.3. The fourth-order valence-corrected chi connectivity index (χ4v) is 4.32. The summed E-state index contributed by atoms with van der Waals surface area (Å²) >= 11 is 0. The van der Waals surface area contributed by atoms with Gasteiger partial charge in [0.2, 0.25) is 0 Å². The molecule has 0 unspecified atom stereocenters. The van der Waals surface area contributed by atoms with Gasteiger partial charge in [0.15, 0.2) is 11.6 Å². The van der Waals surface area contributed by atoms with Crippen molar-refractivity contribution in [3.05, 3.63) is 131 Å². The van der Waals surface area contributed by atoms with Crippen molar-refractivity contribution in [3.8, 4) is 39.5 Å². The SMILES string of the molecule is CCOc1cc(=O)n(C)cc1-c1cc(NC(=O)c2ccc(-c3ccccc3)cc2)ccc1Oc1ccc(F)cc1F. The molecule has 6 nitrogen and oxygen atoms in total. The third kappa shape index (κ3) is 6.17. The number of amides is 1. The molecule has 0 aliphatic carbocycles. The fraction of sp³-hybridized carbons (Fsp3) is 0.0909. The van der Waals surface area contributed by atoms with E-state index in [0.29, 0.717) is 34.7 Å². The molecule has 1 heterocycles. The molecule has 5 rings (SSSR count). The number of aromatic nitrogens is 1. The second-order valence-electron chi connectivity index (χ2n) is 9.22. The van der Waals surface area contributed by atoms with Crippen LogP contribution in [0.1, 0.15) is 17.3 Å². The lowest BCUT2D eigenvalue weighted by Crippen LogP contribution is -2.16. The fourth-order valence-electron chi connectivity index (χ4n) is 4.32. The molecule has 0 bridgehead atoms. The van der Waals surface area contributed by atoms with Crippen LogP contribution < -0.4 is 20.3 Å². The van der Waals surface area contributed by atoms with Crippen molar-refractivity contribution in [1.82, 2.24) is 4.57 Å². The zero-order valence-electron chi connectivity index (χ0n) is 22.4. The molecular weight excluding hydrogens is 526 g/mol. The molecule has 0 saturated carbocycles. The Bertz CT molecular complexity index is 1770. The Kier molecular flexibility index (Phi) is 7.92. The minimum absolute atomic E-state index is 0.189. The molecule has 0 spiro atoms. The average molecular weight is 553 g/mol. The number of pyridine rings is 1. The molecule has 5 aromatic rings. The van der Waals surface area contributed by atoms with Gasteiger partial charge < -0.3 is 19.4 Å². The van der Waals surface area contributed by atoms with Crippen LogP contribution in [0.25, 0.3) is 22.3 Å². The number of carbonyl (C=O) groups is 1. The highest BCUT2D eigenvalue weighted by molar-refractivity contribution is 6.05. The Hall–Kier alpha value is -5.24. The molecule has 8 heteroatoms. The number of ether oxygens (including phenoxy) is 2. The predicted molar refractivity (Wildman–Crippen MR) is 155 cm³/mol. The number of halogens is 2. The van der Waals surface area contributed by atoms with Gasteiger partial charge in [0, 0.05) is 47.8 Å². The summed E-state index contributed by atoms with van der Waals surface area (Å²) in [5, 5.41) is 2.89. The molecule has 1 N–H and O–H groups in total. The van der Waals surface area contributed by atoms with E-state index in [1.165, 1.54) is 16.7 Å². The minimum Gasteiger partial charge on any atom is -0.493 e. The van der Waals surface area contributed by atoms with Crippen molar-refractivity contribution >= 4 is 11.6 Å². The van der Waals surface area contributed by atoms with Crippen LogP contribution in [-0.4, -0.2) is 17.1 Å². The van der Waals surface area contributed by atoms with Crippen LogP contribution in [0, 0.1) is 11.6 Å². The zero-order valence-corrected chi connectivity index (χ0v) is 22.4. The second kappa shape index (κ2) is 11.9. The van der Waals surface area contributed by atoms with E-state index in [1.54, 1.807) is 50.5 Å². The number of hydrogen-bond acceptors (Lipinski definition) is 4. The number of nitrogens with one attached hydrogen (secondary N) is 1. The molecule has 1 amide bonds. The van der Waals surface area contributed by atoms with E-state index in [2.05, 4.69) is 5.32 Å². The number of hydrogen-bond donors (Lipinski definition) is 1. The molecule has 0 atom stereocenters. The monoisotopic (exact) mass is 552 g/mol. The molecule has 0 fully saturated rings. The first-order valence-corrected chi connectivity index (χ1v) is 12.9. The van der Waals surface area contributed by atoms with Gasteiger partial charge in [0.05, 0.1) is 6.61 Å². The first-order chi connectivity index (χ1) is 19.8. The molecule has 1 aromatic heterocycles. The molecule has 0 saturated heterocycles. The van der Waals surface area contributed by atoms with Crippen molar-refractivity contribution < 1.29 is 23.0 Å². The van der Waals surface area contributed by atoms with Crippen LogP contribution >= 0.6 is 0 Å². The zero-order chi connectivity index (χ0) is 28.9. The Balaban J connectivity index is 1.51. The molecule has 4 aromatic carbocycles. The molecule has 0 aliphatic rings. The summed E-state index contributed by atoms with van der Waals surface area (Å²) in [5.74, 6) is -1.63. The van der Waals surface area contributed by atoms with Crippen LogP contribution in [0.2, 0.25) is 0 Å². The van der Waals surface area contributed by atoms with Crippen LogP contribution in [0.3, 0.4) is 0 Å². The van der Waals surface area contributed by atoms with E-state index in [0.717, 1.165) is 23.3 Å². The van der Waals surface area contributed by atoms with E-state index in [4.69, 9.17) is 9.47 Å². The lowest BCUT2D eigenvalue weighted by atomic mass is 10.0. The number of aryl methyl sites for hydroxylation is 1. The standard InChI is InChI=1S/C33H26F2N2O4/c1-3-40-31-19-32(38)37(2)20-27(31)26-18-25(14-16-29(26)41-30-15-13-24(34)17-28(30)35)36-33(39)23-11-9-22(10-12-23)21-7-5-4-6-8-21/h4-20H,3H2,1-2H3,(H,36,39). The topological polar surface area (TPSA) is 69.6 Å². The maximum atomic E-state index is 14.5. The Labute approximate surface area is 235 Å². The summed E-state index contributed by atoms with van der Waals surface area (Å²) in [4.78, 5) is 25.5. The van der Waals surface area contributed by atoms with Gasteiger partial charge in [0.1, 0.15) is 17.3 Å². The molecular formula is C33H26F2N2O4. The Morgan fingerprint density at radius 1 is 0.805 bits per heavy atom. The largest absolute Gasteiger partial charge is 0.493 e. The van der Waals surface area contributed by atoms with E-state index in [1.807, 2.05) is 42.5 Å². The highest BCUT2D eigenvalue weighted by atomic mass is 19.1. The van der Waals surface area contributed by atoms with E-state index in [-0.39, 0.29) is 23.0 Å². The van der Waals surface area contributed by atoms with Gasteiger partial charge in [-0.3, -0.25) is 9.59 Å². The van der Waals surface area contributed by atoms with Crippen molar-refractivity contribution in [2.24, 2.45) is 7.05 Å². The third-order valence-electron chi connectivity index (χ3n) is 6.39. The van der Waals surface area contributed by atoms with Gasteiger partial charge in [-0.05, 0) is 60.5 Å². The van der Waals surface area contributed by atoms with Crippen molar-refractivity contribution in [2.45, 2.75) is 6.92 Å². The highest BCUT2D eigenvalue weighted by Crippen LogP contribution is 2.40. The van der Waals surface area contributed by atoms with Crippen LogP contribution in [-0.2, 0) is 7.05 Å². The normalized spacial score (nSPS) is 10.7. The number of carbonyl (C=O) groups excluding carboxylic acids is 1. The average Bonchev–Trinajstić information content (AvgIpc) is 2.97. The maximum absolute atomic E-state index is 14.5. The first-order valence-electron chi connectivity index (χ1n) is 12.9. The summed E-state index contributed by atoms with van der Waals surface area (Å²) < 4.78 is 40.9.